The molecule has 0 unspecified atom stereocenters. The van der Waals surface area contributed by atoms with Crippen LogP contribution in [0.25, 0.3) is 16.3 Å². The van der Waals surface area contributed by atoms with Gasteiger partial charge in [0.1, 0.15) is 0 Å². The molecule has 2 aromatic rings. The maximum Gasteiger partial charge on any atom is -0.0100 e. The molecule has 0 saturated carbocycles. The number of hydrogen-bond donors (Lipinski definition) is 0. The molecule has 0 saturated heterocycles. The van der Waals surface area contributed by atoms with Gasteiger partial charge in [-0.15, -0.1) is 0 Å². The topological polar surface area (TPSA) is 0 Å². The molecule has 0 aromatic heterocycles. The summed E-state index contributed by atoms with van der Waals surface area (Å²) in [6.07, 6.45) is 4.11. The van der Waals surface area contributed by atoms with Crippen molar-refractivity contribution in [2.24, 2.45) is 0 Å². The van der Waals surface area contributed by atoms with Crippen LogP contribution in [0, 0.1) is 0 Å². The van der Waals surface area contributed by atoms with E-state index in [0.717, 1.165) is 5.57 Å². The molecule has 0 bridgehead atoms. The van der Waals surface area contributed by atoms with Crippen LogP contribution < -0.4 is 0 Å². The van der Waals surface area contributed by atoms with Crippen molar-refractivity contribution in [2.45, 2.75) is 20.8 Å². The predicted octanol–water partition coefficient (Wildman–Crippen LogP) is 5.77. The molecule has 0 spiro atoms. The average Bonchev–Trinajstić information content (AvgIpc) is 2.39. The van der Waals surface area contributed by atoms with E-state index in [9.17, 15) is 0 Å². The van der Waals surface area contributed by atoms with Gasteiger partial charge in [0, 0.05) is 0 Å². The fourth-order valence-corrected chi connectivity index (χ4v) is 2.49. The van der Waals surface area contributed by atoms with E-state index in [1.54, 1.807) is 0 Å². The fraction of sp³-hybridized carbons (Fsp3) is 0.158. The van der Waals surface area contributed by atoms with Crippen LogP contribution in [0.4, 0.5) is 0 Å². The summed E-state index contributed by atoms with van der Waals surface area (Å²) in [6, 6.07) is 14.9. The highest BCUT2D eigenvalue weighted by Gasteiger charge is 2.09. The highest BCUT2D eigenvalue weighted by molar-refractivity contribution is 5.98. The zero-order valence-electron chi connectivity index (χ0n) is 11.9. The Hall–Kier alpha value is -2.08. The fourth-order valence-electron chi connectivity index (χ4n) is 2.49. The lowest BCUT2D eigenvalue weighted by Gasteiger charge is -2.14. The SMILES string of the molecule is C=C(/C=C\C)C(=C(C)C)c1cccc2ccccc12. The van der Waals surface area contributed by atoms with Crippen LogP contribution >= 0.6 is 0 Å². The van der Waals surface area contributed by atoms with Crippen molar-refractivity contribution in [1.82, 2.24) is 0 Å². The lowest BCUT2D eigenvalue weighted by molar-refractivity contribution is 1.38. The van der Waals surface area contributed by atoms with E-state index in [4.69, 9.17) is 0 Å². The second-order valence-corrected chi connectivity index (χ2v) is 4.93. The summed E-state index contributed by atoms with van der Waals surface area (Å²) in [7, 11) is 0. The Morgan fingerprint density at radius 1 is 1.00 bits per heavy atom. The maximum absolute atomic E-state index is 4.20. The molecule has 0 nitrogen and oxygen atoms in total. The molecule has 0 aliphatic heterocycles. The number of rotatable bonds is 3. The van der Waals surface area contributed by atoms with Crippen LogP contribution in [0.1, 0.15) is 26.3 Å². The second kappa shape index (κ2) is 5.71. The van der Waals surface area contributed by atoms with Crippen LogP contribution in [0.3, 0.4) is 0 Å². The van der Waals surface area contributed by atoms with Crippen molar-refractivity contribution in [2.75, 3.05) is 0 Å². The highest BCUT2D eigenvalue weighted by Crippen LogP contribution is 2.32. The number of allylic oxidation sites excluding steroid dienone is 5. The summed E-state index contributed by atoms with van der Waals surface area (Å²) in [6.45, 7) is 10.5. The van der Waals surface area contributed by atoms with Crippen LogP contribution in [-0.2, 0) is 0 Å². The molecule has 0 N–H and O–H groups in total. The van der Waals surface area contributed by atoms with Crippen LogP contribution in [0.5, 0.6) is 0 Å². The van der Waals surface area contributed by atoms with E-state index < -0.39 is 0 Å². The first-order valence-electron chi connectivity index (χ1n) is 6.62. The molecule has 2 aromatic carbocycles. The van der Waals surface area contributed by atoms with Crippen molar-refractivity contribution in [1.29, 1.82) is 0 Å². The average molecular weight is 248 g/mol. The molecule has 0 aliphatic rings. The summed E-state index contributed by atoms with van der Waals surface area (Å²) >= 11 is 0. The molecule has 0 radical (unpaired) electrons. The molecule has 19 heavy (non-hydrogen) atoms. The normalized spacial score (nSPS) is 10.9. The van der Waals surface area contributed by atoms with Crippen LogP contribution in [-0.4, -0.2) is 0 Å². The summed E-state index contributed by atoms with van der Waals surface area (Å²) in [5.41, 5.74) is 4.87. The van der Waals surface area contributed by atoms with Gasteiger partial charge in [-0.1, -0.05) is 66.8 Å². The molecule has 0 aliphatic carbocycles. The van der Waals surface area contributed by atoms with Gasteiger partial charge in [-0.25, -0.2) is 0 Å². The Morgan fingerprint density at radius 3 is 2.37 bits per heavy atom. The minimum Gasteiger partial charge on any atom is -0.0912 e. The van der Waals surface area contributed by atoms with Gasteiger partial charge in [0.05, 0.1) is 0 Å². The third-order valence-corrected chi connectivity index (χ3v) is 3.25. The van der Waals surface area contributed by atoms with E-state index >= 15 is 0 Å². The third kappa shape index (κ3) is 2.68. The predicted molar refractivity (Wildman–Crippen MR) is 86.2 cm³/mol. The Morgan fingerprint density at radius 2 is 1.68 bits per heavy atom. The highest BCUT2D eigenvalue weighted by atomic mass is 14.1. The third-order valence-electron chi connectivity index (χ3n) is 3.25. The molecule has 2 rings (SSSR count). The first kappa shape index (κ1) is 13.4. The maximum atomic E-state index is 4.20. The summed E-state index contributed by atoms with van der Waals surface area (Å²) in [5.74, 6) is 0. The molecular weight excluding hydrogens is 228 g/mol. The first-order valence-corrected chi connectivity index (χ1v) is 6.62. The monoisotopic (exact) mass is 248 g/mol. The Balaban J connectivity index is 2.72. The van der Waals surface area contributed by atoms with Crippen molar-refractivity contribution in [3.8, 4) is 0 Å². The molecule has 0 heterocycles. The van der Waals surface area contributed by atoms with Gasteiger partial charge in [0.15, 0.2) is 0 Å². The standard InChI is InChI=1S/C19H20/c1-5-9-15(4)19(14(2)3)18-13-8-11-16-10-6-7-12-17(16)18/h5-13H,4H2,1-3H3/b9-5-. The molecule has 0 heteroatoms. The van der Waals surface area contributed by atoms with Crippen molar-refractivity contribution >= 4 is 16.3 Å². The lowest BCUT2D eigenvalue weighted by atomic mass is 9.91. The first-order chi connectivity index (χ1) is 9.15. The van der Waals surface area contributed by atoms with Crippen molar-refractivity contribution < 1.29 is 0 Å². The van der Waals surface area contributed by atoms with Gasteiger partial charge in [0.2, 0.25) is 0 Å². The van der Waals surface area contributed by atoms with Gasteiger partial charge < -0.3 is 0 Å². The summed E-state index contributed by atoms with van der Waals surface area (Å²) < 4.78 is 0. The number of hydrogen-bond acceptors (Lipinski definition) is 0. The summed E-state index contributed by atoms with van der Waals surface area (Å²) in [4.78, 5) is 0. The zero-order valence-corrected chi connectivity index (χ0v) is 11.9. The number of benzene rings is 2. The number of fused-ring (bicyclic) bond motifs is 1. The Kier molecular flexibility index (Phi) is 4.01. The quantitative estimate of drug-likeness (QED) is 0.605. The van der Waals surface area contributed by atoms with Crippen LogP contribution in [0.2, 0.25) is 0 Å². The summed E-state index contributed by atoms with van der Waals surface area (Å²) in [5, 5.41) is 2.55. The largest absolute Gasteiger partial charge is 0.0912 e. The van der Waals surface area contributed by atoms with Crippen molar-refractivity contribution in [3.63, 3.8) is 0 Å². The Labute approximate surface area is 115 Å². The smallest absolute Gasteiger partial charge is 0.0100 e. The van der Waals surface area contributed by atoms with Gasteiger partial charge in [-0.2, -0.15) is 0 Å². The molecule has 0 fully saturated rings. The van der Waals surface area contributed by atoms with E-state index in [-0.39, 0.29) is 0 Å². The molecule has 0 atom stereocenters. The molecule has 0 amide bonds. The zero-order chi connectivity index (χ0) is 13.8. The molecule has 96 valence electrons. The minimum absolute atomic E-state index is 1.07. The second-order valence-electron chi connectivity index (χ2n) is 4.93. The van der Waals surface area contributed by atoms with E-state index in [1.165, 1.54) is 27.5 Å². The molecular formula is C19H20. The van der Waals surface area contributed by atoms with E-state index in [0.29, 0.717) is 0 Å². The van der Waals surface area contributed by atoms with Crippen molar-refractivity contribution in [3.05, 3.63) is 77.9 Å². The van der Waals surface area contributed by atoms with Gasteiger partial charge >= 0.3 is 0 Å². The Bertz CT molecular complexity index is 660. The van der Waals surface area contributed by atoms with Gasteiger partial charge in [0.25, 0.3) is 0 Å². The van der Waals surface area contributed by atoms with Gasteiger partial charge in [-0.3, -0.25) is 0 Å². The lowest BCUT2D eigenvalue weighted by Crippen LogP contribution is -1.91. The van der Waals surface area contributed by atoms with Crippen LogP contribution in [0.15, 0.2) is 72.3 Å². The van der Waals surface area contributed by atoms with Gasteiger partial charge in [-0.05, 0) is 48.3 Å². The minimum atomic E-state index is 1.07. The van der Waals surface area contributed by atoms with E-state index in [1.807, 2.05) is 13.0 Å². The van der Waals surface area contributed by atoms with E-state index in [2.05, 4.69) is 69.0 Å².